The average Bonchev–Trinajstić information content (AvgIpc) is 2.68. The molecule has 7 nitrogen and oxygen atoms in total. The summed E-state index contributed by atoms with van der Waals surface area (Å²) in [5.41, 5.74) is -0.123. The Kier molecular flexibility index (Phi) is 4.96. The molecule has 136 valence electrons. The van der Waals surface area contributed by atoms with E-state index in [-0.39, 0.29) is 5.75 Å². The fourth-order valence-electron chi connectivity index (χ4n) is 3.22. The second-order valence-electron chi connectivity index (χ2n) is 6.26. The quantitative estimate of drug-likeness (QED) is 0.475. The van der Waals surface area contributed by atoms with E-state index in [1.807, 2.05) is 12.1 Å². The summed E-state index contributed by atoms with van der Waals surface area (Å²) in [5, 5.41) is 58.2. The lowest BCUT2D eigenvalue weighted by Crippen LogP contribution is -2.76. The molecule has 0 radical (unpaired) electrons. The Morgan fingerprint density at radius 3 is 2.38 bits per heavy atom. The van der Waals surface area contributed by atoms with Crippen molar-refractivity contribution < 1.29 is 30.3 Å². The molecule has 3 rings (SSSR count). The summed E-state index contributed by atoms with van der Waals surface area (Å²) in [5.74, 6) is -0.899. The summed E-state index contributed by atoms with van der Waals surface area (Å²) in [6, 6.07) is 15.7. The Labute approximate surface area is 150 Å². The van der Waals surface area contributed by atoms with Crippen molar-refractivity contribution in [3.05, 3.63) is 54.1 Å². The fraction of sp³-hybridized carbons (Fsp3) is 0.316. The minimum absolute atomic E-state index is 0.217. The molecule has 0 aliphatic heterocycles. The molecule has 1 aliphatic carbocycles. The van der Waals surface area contributed by atoms with Gasteiger partial charge in [0.05, 0.1) is 24.3 Å². The van der Waals surface area contributed by atoms with Crippen LogP contribution in [0, 0.1) is 17.2 Å². The molecule has 5 unspecified atom stereocenters. The topological polar surface area (TPSA) is 134 Å². The van der Waals surface area contributed by atoms with Crippen LogP contribution >= 0.6 is 0 Å². The standard InChI is InChI=1S/C19H19NO6/c20-9-12-3-1-2-4-14(12)11-5-7-13(8-6-11)26-18(24)19(25)15(10-21)16(22)17(19)23/h1-8,15-18,21-25H,10H2. The maximum absolute atomic E-state index is 10.4. The van der Waals surface area contributed by atoms with Crippen LogP contribution in [0.2, 0.25) is 0 Å². The highest BCUT2D eigenvalue weighted by Crippen LogP contribution is 2.42. The number of hydrogen-bond acceptors (Lipinski definition) is 7. The molecule has 1 saturated carbocycles. The van der Waals surface area contributed by atoms with Crippen molar-refractivity contribution in [1.29, 1.82) is 5.26 Å². The minimum Gasteiger partial charge on any atom is -0.462 e. The number of nitrogens with zero attached hydrogens (tertiary/aromatic N) is 1. The van der Waals surface area contributed by atoms with E-state index in [9.17, 15) is 30.8 Å². The summed E-state index contributed by atoms with van der Waals surface area (Å²) in [7, 11) is 0. The molecular weight excluding hydrogens is 338 g/mol. The van der Waals surface area contributed by atoms with Crippen LogP contribution < -0.4 is 4.74 Å². The second kappa shape index (κ2) is 7.03. The number of ether oxygens (including phenoxy) is 1. The lowest BCUT2D eigenvalue weighted by atomic mass is 9.64. The molecule has 2 aromatic rings. The number of aliphatic hydroxyl groups is 5. The molecule has 1 fully saturated rings. The smallest absolute Gasteiger partial charge is 0.229 e. The molecule has 1 aliphatic rings. The van der Waals surface area contributed by atoms with Gasteiger partial charge in [-0.2, -0.15) is 5.26 Å². The molecular formula is C19H19NO6. The van der Waals surface area contributed by atoms with E-state index in [1.165, 1.54) is 0 Å². The van der Waals surface area contributed by atoms with Crippen molar-refractivity contribution in [2.24, 2.45) is 5.92 Å². The fourth-order valence-corrected chi connectivity index (χ4v) is 3.22. The largest absolute Gasteiger partial charge is 0.462 e. The van der Waals surface area contributed by atoms with Gasteiger partial charge >= 0.3 is 0 Å². The van der Waals surface area contributed by atoms with Gasteiger partial charge in [-0.15, -0.1) is 0 Å². The first kappa shape index (κ1) is 18.3. The van der Waals surface area contributed by atoms with Crippen molar-refractivity contribution in [2.45, 2.75) is 24.1 Å². The van der Waals surface area contributed by atoms with Crippen LogP contribution in [0.15, 0.2) is 48.5 Å². The molecule has 0 bridgehead atoms. The van der Waals surface area contributed by atoms with Crippen LogP contribution in [-0.2, 0) is 0 Å². The first-order valence-electron chi connectivity index (χ1n) is 8.07. The molecule has 5 atom stereocenters. The first-order valence-corrected chi connectivity index (χ1v) is 8.07. The van der Waals surface area contributed by atoms with E-state index >= 15 is 0 Å². The van der Waals surface area contributed by atoms with Crippen LogP contribution in [0.5, 0.6) is 5.75 Å². The van der Waals surface area contributed by atoms with Gasteiger partial charge in [-0.05, 0) is 29.3 Å². The van der Waals surface area contributed by atoms with E-state index < -0.39 is 36.6 Å². The monoisotopic (exact) mass is 357 g/mol. The van der Waals surface area contributed by atoms with Crippen molar-refractivity contribution in [1.82, 2.24) is 0 Å². The third-order valence-corrected chi connectivity index (χ3v) is 4.86. The lowest BCUT2D eigenvalue weighted by Gasteiger charge is -2.53. The van der Waals surface area contributed by atoms with Gasteiger partial charge in [0, 0.05) is 5.92 Å². The molecule has 26 heavy (non-hydrogen) atoms. The SMILES string of the molecule is N#Cc1ccccc1-c1ccc(OC(O)C2(O)C(O)C(O)C2CO)cc1. The molecule has 0 aromatic heterocycles. The third-order valence-electron chi connectivity index (χ3n) is 4.86. The van der Waals surface area contributed by atoms with E-state index in [2.05, 4.69) is 6.07 Å². The highest BCUT2D eigenvalue weighted by Gasteiger charge is 2.65. The highest BCUT2D eigenvalue weighted by molar-refractivity contribution is 5.70. The zero-order valence-corrected chi connectivity index (χ0v) is 13.7. The van der Waals surface area contributed by atoms with Crippen LogP contribution in [-0.4, -0.2) is 56.2 Å². The van der Waals surface area contributed by atoms with Crippen molar-refractivity contribution in [3.63, 3.8) is 0 Å². The van der Waals surface area contributed by atoms with Crippen LogP contribution in [0.4, 0.5) is 0 Å². The zero-order valence-electron chi connectivity index (χ0n) is 13.7. The van der Waals surface area contributed by atoms with E-state index in [0.29, 0.717) is 5.56 Å². The number of hydrogen-bond donors (Lipinski definition) is 5. The lowest BCUT2D eigenvalue weighted by molar-refractivity contribution is -0.332. The Hall–Kier alpha value is -2.47. The van der Waals surface area contributed by atoms with E-state index in [4.69, 9.17) is 4.74 Å². The maximum Gasteiger partial charge on any atom is 0.229 e. The first-order chi connectivity index (χ1) is 12.4. The van der Waals surface area contributed by atoms with Crippen LogP contribution in [0.25, 0.3) is 11.1 Å². The molecule has 0 spiro atoms. The second-order valence-corrected chi connectivity index (χ2v) is 6.26. The van der Waals surface area contributed by atoms with Gasteiger partial charge in [0.1, 0.15) is 11.9 Å². The van der Waals surface area contributed by atoms with Crippen molar-refractivity contribution >= 4 is 0 Å². The van der Waals surface area contributed by atoms with Crippen molar-refractivity contribution in [2.75, 3.05) is 6.61 Å². The zero-order chi connectivity index (χ0) is 18.9. The molecule has 0 saturated heterocycles. The Balaban J connectivity index is 1.77. The highest BCUT2D eigenvalue weighted by atomic mass is 16.6. The summed E-state index contributed by atoms with van der Waals surface area (Å²) < 4.78 is 5.28. The number of nitriles is 1. The van der Waals surface area contributed by atoms with Crippen LogP contribution in [0.3, 0.4) is 0 Å². The normalized spacial score (nSPS) is 28.7. The van der Waals surface area contributed by atoms with Crippen LogP contribution in [0.1, 0.15) is 5.56 Å². The minimum atomic E-state index is -2.17. The number of benzene rings is 2. The molecule has 5 N–H and O–H groups in total. The number of aliphatic hydroxyl groups excluding tert-OH is 4. The van der Waals surface area contributed by atoms with Gasteiger partial charge in [0.2, 0.25) is 6.29 Å². The molecule has 2 aromatic carbocycles. The predicted octanol–water partition coefficient (Wildman–Crippen LogP) is -0.00252. The van der Waals surface area contributed by atoms with E-state index in [0.717, 1.165) is 11.1 Å². The Morgan fingerprint density at radius 2 is 1.77 bits per heavy atom. The van der Waals surface area contributed by atoms with E-state index in [1.54, 1.807) is 36.4 Å². The van der Waals surface area contributed by atoms with Crippen molar-refractivity contribution in [3.8, 4) is 22.9 Å². The third kappa shape index (κ3) is 2.84. The summed E-state index contributed by atoms with van der Waals surface area (Å²) in [4.78, 5) is 0. The van der Waals surface area contributed by atoms with Gasteiger partial charge < -0.3 is 30.3 Å². The summed E-state index contributed by atoms with van der Waals surface area (Å²) >= 11 is 0. The number of rotatable bonds is 5. The molecule has 0 amide bonds. The Morgan fingerprint density at radius 1 is 1.12 bits per heavy atom. The predicted molar refractivity (Wildman–Crippen MR) is 90.8 cm³/mol. The maximum atomic E-state index is 10.4. The Bertz CT molecular complexity index is 818. The van der Waals surface area contributed by atoms with Gasteiger partial charge in [0.25, 0.3) is 0 Å². The summed E-state index contributed by atoms with van der Waals surface area (Å²) in [6.07, 6.45) is -4.81. The van der Waals surface area contributed by atoms with Gasteiger partial charge in [0.15, 0.2) is 5.60 Å². The molecule has 7 heteroatoms. The van der Waals surface area contributed by atoms with Gasteiger partial charge in [-0.3, -0.25) is 0 Å². The van der Waals surface area contributed by atoms with Gasteiger partial charge in [-0.1, -0.05) is 30.3 Å². The average molecular weight is 357 g/mol. The van der Waals surface area contributed by atoms with Gasteiger partial charge in [-0.25, -0.2) is 0 Å². The summed E-state index contributed by atoms with van der Waals surface area (Å²) in [6.45, 7) is -0.612. The molecule has 0 heterocycles.